The van der Waals surface area contributed by atoms with Crippen LogP contribution in [0.4, 0.5) is 52.7 Å². The fraction of sp³-hybridized carbons (Fsp3) is 1.00. The van der Waals surface area contributed by atoms with E-state index in [4.69, 9.17) is 0 Å². The van der Waals surface area contributed by atoms with Gasteiger partial charge in [-0.3, -0.25) is 0 Å². The topological polar surface area (TPSA) is 36.9 Å². The van der Waals surface area contributed by atoms with Crippen LogP contribution < -0.4 is 0 Å². The van der Waals surface area contributed by atoms with Gasteiger partial charge in [0.1, 0.15) is 0 Å². The van der Waals surface area contributed by atoms with E-state index in [1.54, 1.807) is 0 Å². The van der Waals surface area contributed by atoms with Crippen LogP contribution in [-0.2, 0) is 18.6 Å². The maximum absolute atomic E-state index is 11.7. The zero-order valence-electron chi connectivity index (χ0n) is 8.75. The molecule has 0 heterocycles. The maximum Gasteiger partial charge on any atom is 0.555 e. The van der Waals surface area contributed by atoms with Gasteiger partial charge < -0.3 is 18.6 Å². The molecule has 0 spiro atoms. The molecule has 4 nitrogen and oxygen atoms in total. The molecule has 0 N–H and O–H groups in total. The summed E-state index contributed by atoms with van der Waals surface area (Å²) in [5, 5.41) is 0. The first kappa shape index (κ1) is 20.1. The second-order valence-corrected chi connectivity index (χ2v) is 2.83. The summed E-state index contributed by atoms with van der Waals surface area (Å²) < 4.78 is 149. The first-order valence-corrected chi connectivity index (χ1v) is 4.03. The van der Waals surface area contributed by atoms with E-state index in [0.717, 1.165) is 0 Å². The van der Waals surface area contributed by atoms with E-state index in [1.807, 2.05) is 18.6 Å². The summed E-state index contributed by atoms with van der Waals surface area (Å²) in [5.41, 5.74) is 0. The van der Waals surface area contributed by atoms with Crippen molar-refractivity contribution in [1.29, 1.82) is 0 Å². The molecule has 0 aliphatic rings. The molecular formula is C4BF12O4-. The predicted molar refractivity (Wildman–Crippen MR) is 34.3 cm³/mol. The summed E-state index contributed by atoms with van der Waals surface area (Å²) in [6, 6.07) is 0. The third-order valence-electron chi connectivity index (χ3n) is 1.11. The molecule has 0 aliphatic heterocycles. The smallest absolute Gasteiger partial charge is 0.433 e. The molecule has 0 bridgehead atoms. The van der Waals surface area contributed by atoms with E-state index in [0.29, 0.717) is 0 Å². The third kappa shape index (κ3) is 10.4. The minimum Gasteiger partial charge on any atom is -0.433 e. The lowest BCUT2D eigenvalue weighted by atomic mass is 10.1. The van der Waals surface area contributed by atoms with Crippen molar-refractivity contribution in [1.82, 2.24) is 0 Å². The van der Waals surface area contributed by atoms with E-state index in [9.17, 15) is 52.7 Å². The minimum absolute atomic E-state index is 1.99. The quantitative estimate of drug-likeness (QED) is 0.574. The monoisotopic (exact) mass is 351 g/mol. The number of alkyl halides is 12. The van der Waals surface area contributed by atoms with E-state index in [1.165, 1.54) is 0 Å². The fourth-order valence-electron chi connectivity index (χ4n) is 0.799. The SMILES string of the molecule is FC(F)(F)O[B-](OC(F)(F)F)(OC(F)(F)F)OC(F)(F)F. The van der Waals surface area contributed by atoms with Crippen molar-refractivity contribution >= 4 is 6.96 Å². The van der Waals surface area contributed by atoms with Crippen molar-refractivity contribution in [3.8, 4) is 0 Å². The Morgan fingerprint density at radius 1 is 0.381 bits per heavy atom. The summed E-state index contributed by atoms with van der Waals surface area (Å²) in [5.74, 6) is 0. The highest BCUT2D eigenvalue weighted by Gasteiger charge is 2.58. The molecule has 0 amide bonds. The zero-order chi connectivity index (χ0) is 17.3. The maximum atomic E-state index is 11.7. The molecule has 0 aliphatic carbocycles. The summed E-state index contributed by atoms with van der Waals surface area (Å²) in [6.45, 7) is -6.86. The van der Waals surface area contributed by atoms with Gasteiger partial charge in [-0.15, -0.1) is 52.7 Å². The molecule has 128 valence electrons. The van der Waals surface area contributed by atoms with Crippen LogP contribution in [0.25, 0.3) is 0 Å². The third-order valence-corrected chi connectivity index (χ3v) is 1.11. The van der Waals surface area contributed by atoms with Crippen molar-refractivity contribution in [2.75, 3.05) is 0 Å². The molecule has 0 unspecified atom stereocenters. The molecule has 17 heteroatoms. The normalized spacial score (nSPS) is 15.4. The Bertz CT molecular complexity index is 270. The van der Waals surface area contributed by atoms with E-state index >= 15 is 0 Å². The van der Waals surface area contributed by atoms with Crippen LogP contribution in [0.2, 0.25) is 0 Å². The highest BCUT2D eigenvalue weighted by Crippen LogP contribution is 2.38. The lowest BCUT2D eigenvalue weighted by Gasteiger charge is -2.41. The van der Waals surface area contributed by atoms with Crippen molar-refractivity contribution in [2.24, 2.45) is 0 Å². The van der Waals surface area contributed by atoms with E-state index in [2.05, 4.69) is 0 Å². The number of hydrogen-bond donors (Lipinski definition) is 0. The second-order valence-electron chi connectivity index (χ2n) is 2.83. The first-order valence-electron chi connectivity index (χ1n) is 4.03. The van der Waals surface area contributed by atoms with E-state index < -0.39 is 32.4 Å². The number of halogens is 12. The molecule has 21 heavy (non-hydrogen) atoms. The molecule has 0 aromatic rings. The zero-order valence-corrected chi connectivity index (χ0v) is 8.75. The van der Waals surface area contributed by atoms with Crippen LogP contribution >= 0.6 is 0 Å². The van der Waals surface area contributed by atoms with Gasteiger partial charge in [-0.1, -0.05) is 0 Å². The Morgan fingerprint density at radius 3 is 0.619 bits per heavy atom. The molecule has 0 saturated heterocycles. The summed E-state index contributed by atoms with van der Waals surface area (Å²) >= 11 is 0. The van der Waals surface area contributed by atoms with Crippen LogP contribution in [0.1, 0.15) is 0 Å². The average molecular weight is 351 g/mol. The number of hydrogen-bond acceptors (Lipinski definition) is 4. The molecule has 0 atom stereocenters. The summed E-state index contributed by atoms with van der Waals surface area (Å²) in [6.07, 6.45) is -25.8. The predicted octanol–water partition coefficient (Wildman–Crippen LogP) is 3.57. The molecule has 0 radical (unpaired) electrons. The molecule has 0 fully saturated rings. The van der Waals surface area contributed by atoms with Gasteiger partial charge in [0.25, 0.3) is 0 Å². The van der Waals surface area contributed by atoms with Crippen LogP contribution in [0.3, 0.4) is 0 Å². The summed E-state index contributed by atoms with van der Waals surface area (Å²) in [4.78, 5) is 0. The van der Waals surface area contributed by atoms with Gasteiger partial charge >= 0.3 is 32.4 Å². The van der Waals surface area contributed by atoms with Crippen LogP contribution in [0.15, 0.2) is 0 Å². The molecular weight excluding hydrogens is 351 g/mol. The largest absolute Gasteiger partial charge is 0.555 e. The molecule has 0 aromatic heterocycles. The Labute approximate surface area is 105 Å². The van der Waals surface area contributed by atoms with Gasteiger partial charge in [-0.25, -0.2) is 0 Å². The van der Waals surface area contributed by atoms with Crippen molar-refractivity contribution < 1.29 is 71.3 Å². The highest BCUT2D eigenvalue weighted by molar-refractivity contribution is 6.53. The summed E-state index contributed by atoms with van der Waals surface area (Å²) in [7, 11) is 0. The average Bonchev–Trinajstić information content (AvgIpc) is 1.83. The van der Waals surface area contributed by atoms with Gasteiger partial charge in [0.2, 0.25) is 0 Å². The van der Waals surface area contributed by atoms with Gasteiger partial charge in [0.15, 0.2) is 0 Å². The first-order chi connectivity index (χ1) is 8.83. The van der Waals surface area contributed by atoms with Gasteiger partial charge in [0, 0.05) is 0 Å². The molecule has 0 saturated carbocycles. The Kier molecular flexibility index (Phi) is 5.44. The van der Waals surface area contributed by atoms with Crippen molar-refractivity contribution in [3.05, 3.63) is 0 Å². The molecule has 0 rings (SSSR count). The van der Waals surface area contributed by atoms with Crippen LogP contribution in [0.5, 0.6) is 0 Å². The van der Waals surface area contributed by atoms with Crippen LogP contribution in [0, 0.1) is 0 Å². The highest BCUT2D eigenvalue weighted by atomic mass is 19.4. The van der Waals surface area contributed by atoms with Crippen molar-refractivity contribution in [3.63, 3.8) is 0 Å². The van der Waals surface area contributed by atoms with Gasteiger partial charge in [-0.2, -0.15) is 0 Å². The lowest BCUT2D eigenvalue weighted by molar-refractivity contribution is -0.409. The Balaban J connectivity index is 5.70. The van der Waals surface area contributed by atoms with Gasteiger partial charge in [-0.05, 0) is 0 Å². The van der Waals surface area contributed by atoms with Gasteiger partial charge in [0.05, 0.1) is 0 Å². The van der Waals surface area contributed by atoms with E-state index in [-0.39, 0.29) is 0 Å². The van der Waals surface area contributed by atoms with Crippen LogP contribution in [-0.4, -0.2) is 32.4 Å². The Hall–Kier alpha value is -0.935. The minimum atomic E-state index is -6.86. The van der Waals surface area contributed by atoms with Crippen molar-refractivity contribution in [2.45, 2.75) is 25.4 Å². The Morgan fingerprint density at radius 2 is 0.524 bits per heavy atom. The fourth-order valence-corrected chi connectivity index (χ4v) is 0.799. The lowest BCUT2D eigenvalue weighted by Crippen LogP contribution is -2.59. The number of rotatable bonds is 4. The standard InChI is InChI=1S/C4BF12O4/c6-1(7,8)18-5(19-2(9,10)11,20-3(12,13)14)21-4(15,16)17/q-1. The molecule has 0 aromatic carbocycles. The second kappa shape index (κ2) is 5.69.